The third kappa shape index (κ3) is 10.3. The second-order valence-electron chi connectivity index (χ2n) is 16.6. The number of carbonyl (C=O) groups excluding carboxylic acids is 3. The van der Waals surface area contributed by atoms with Crippen molar-refractivity contribution >= 4 is 58.5 Å². The molecule has 15 heteroatoms. The van der Waals surface area contributed by atoms with Crippen LogP contribution in [0.15, 0.2) is 47.5 Å². The fourth-order valence-electron chi connectivity index (χ4n) is 8.71. The molecule has 3 saturated carbocycles. The zero-order valence-corrected chi connectivity index (χ0v) is 34.3. The number of hydrogen-bond donors (Lipinski definition) is 6. The molecule has 3 aromatic rings. The number of benzene rings is 2. The summed E-state index contributed by atoms with van der Waals surface area (Å²) in [7, 11) is 0. The minimum absolute atomic E-state index is 0.0359. The topological polar surface area (TPSA) is 178 Å². The number of aliphatic hydroxyl groups is 1. The number of carbonyl (C=O) groups is 3. The van der Waals surface area contributed by atoms with Crippen LogP contribution in [0.2, 0.25) is 0 Å². The quantitative estimate of drug-likeness (QED) is 0.107. The van der Waals surface area contributed by atoms with Crippen LogP contribution >= 0.6 is 11.9 Å². The monoisotopic (exact) mass is 815 g/mol. The highest BCUT2D eigenvalue weighted by molar-refractivity contribution is 7.97. The lowest BCUT2D eigenvalue weighted by Crippen LogP contribution is -2.48. The van der Waals surface area contributed by atoms with Crippen molar-refractivity contribution in [2.45, 2.75) is 119 Å². The molecule has 1 aromatic heterocycles. The van der Waals surface area contributed by atoms with Gasteiger partial charge in [-0.15, -0.1) is 0 Å². The number of nitrogens with zero attached hydrogens (tertiary/aromatic N) is 4. The summed E-state index contributed by atoms with van der Waals surface area (Å²) >= 11 is 1.21. The minimum Gasteiger partial charge on any atom is -0.393 e. The molecule has 3 amide bonds. The first-order valence-electron chi connectivity index (χ1n) is 21.1. The molecule has 0 bridgehead atoms. The Hall–Kier alpha value is -4.31. The van der Waals surface area contributed by atoms with Crippen molar-refractivity contribution in [1.82, 2.24) is 20.2 Å². The Balaban J connectivity index is 0.000000155. The fourth-order valence-corrected chi connectivity index (χ4v) is 9.10. The van der Waals surface area contributed by atoms with Crippen LogP contribution in [-0.4, -0.2) is 82.6 Å². The fraction of sp³-hybridized carbons (Fsp3) is 0.558. The Bertz CT molecular complexity index is 1930. The molecule has 9 rings (SSSR count). The highest BCUT2D eigenvalue weighted by Crippen LogP contribution is 2.54. The first kappa shape index (κ1) is 41.8. The van der Waals surface area contributed by atoms with Crippen LogP contribution in [-0.2, 0) is 19.8 Å². The van der Waals surface area contributed by atoms with Gasteiger partial charge in [-0.25, -0.2) is 9.37 Å². The van der Waals surface area contributed by atoms with Gasteiger partial charge >= 0.3 is 0 Å². The number of amides is 3. The van der Waals surface area contributed by atoms with Crippen LogP contribution in [0.3, 0.4) is 0 Å². The number of aryl methyl sites for hydroxylation is 1. The first-order valence-corrected chi connectivity index (χ1v) is 22.0. The number of piperazine rings is 1. The normalized spacial score (nSPS) is 21.8. The SMILES string of the molecule is Cc1cc(SN)ccc1Nc1ncc2c(n1)NC(=O)C21CC1.O=C1CCC(Nc2cccc(N3CCN(CC4CCCCC4)CC3)c2F)C(=O)N1.OC1CCCCC1. The number of halogens is 1. The number of piperidine rings is 1. The van der Waals surface area contributed by atoms with Gasteiger partial charge in [0.2, 0.25) is 23.7 Å². The Morgan fingerprint density at radius 2 is 1.66 bits per heavy atom. The number of nitrogens with one attached hydrogen (secondary N) is 4. The summed E-state index contributed by atoms with van der Waals surface area (Å²) in [6.45, 7) is 6.71. The molecule has 2 aromatic carbocycles. The Labute approximate surface area is 345 Å². The maximum Gasteiger partial charge on any atom is 0.249 e. The number of anilines is 5. The smallest absolute Gasteiger partial charge is 0.249 e. The number of hydrogen-bond acceptors (Lipinski definition) is 12. The van der Waals surface area contributed by atoms with Gasteiger partial charge in [-0.1, -0.05) is 44.6 Å². The van der Waals surface area contributed by atoms with Crippen LogP contribution in [0.4, 0.5) is 33.2 Å². The lowest BCUT2D eigenvalue weighted by molar-refractivity contribution is -0.133. The summed E-state index contributed by atoms with van der Waals surface area (Å²) in [6.07, 6.45) is 16.9. The van der Waals surface area contributed by atoms with Gasteiger partial charge in [-0.3, -0.25) is 29.7 Å². The Morgan fingerprint density at radius 1 is 0.931 bits per heavy atom. The third-order valence-electron chi connectivity index (χ3n) is 12.4. The van der Waals surface area contributed by atoms with E-state index in [1.165, 1.54) is 69.9 Å². The van der Waals surface area contributed by atoms with Crippen LogP contribution in [0, 0.1) is 18.7 Å². The van der Waals surface area contributed by atoms with Crippen molar-refractivity contribution in [2.75, 3.05) is 53.6 Å². The van der Waals surface area contributed by atoms with Crippen LogP contribution in [0.1, 0.15) is 101 Å². The van der Waals surface area contributed by atoms with Crippen LogP contribution in [0.25, 0.3) is 0 Å². The van der Waals surface area contributed by atoms with Crippen molar-refractivity contribution in [1.29, 1.82) is 0 Å². The van der Waals surface area contributed by atoms with E-state index in [9.17, 15) is 14.4 Å². The summed E-state index contributed by atoms with van der Waals surface area (Å²) in [5.41, 5.74) is 3.46. The first-order chi connectivity index (χ1) is 28.1. The molecule has 1 atom stereocenters. The second-order valence-corrected chi connectivity index (χ2v) is 17.3. The molecule has 13 nitrogen and oxygen atoms in total. The van der Waals surface area contributed by atoms with E-state index in [-0.39, 0.29) is 41.5 Å². The summed E-state index contributed by atoms with van der Waals surface area (Å²) in [5, 5.41) is 25.8. The van der Waals surface area contributed by atoms with E-state index >= 15 is 4.39 Å². The number of nitrogens with two attached hydrogens (primary N) is 1. The summed E-state index contributed by atoms with van der Waals surface area (Å²) < 4.78 is 15.2. The highest BCUT2D eigenvalue weighted by atomic mass is 32.2. The van der Waals surface area contributed by atoms with Crippen molar-refractivity contribution in [3.63, 3.8) is 0 Å². The zero-order valence-electron chi connectivity index (χ0n) is 33.5. The molecular weight excluding hydrogens is 758 g/mol. The Kier molecular flexibility index (Phi) is 13.8. The average Bonchev–Trinajstić information content (AvgIpc) is 3.99. The molecule has 3 aliphatic heterocycles. The van der Waals surface area contributed by atoms with Crippen molar-refractivity contribution in [3.05, 3.63) is 59.5 Å². The second kappa shape index (κ2) is 19.2. The van der Waals surface area contributed by atoms with Gasteiger partial charge in [-0.2, -0.15) is 4.98 Å². The molecule has 7 N–H and O–H groups in total. The molecule has 1 spiro atoms. The van der Waals surface area contributed by atoms with Crippen molar-refractivity contribution < 1.29 is 23.9 Å². The predicted molar refractivity (Wildman–Crippen MR) is 227 cm³/mol. The lowest BCUT2D eigenvalue weighted by atomic mass is 9.89. The molecule has 0 radical (unpaired) electrons. The minimum atomic E-state index is -0.579. The predicted octanol–water partition coefficient (Wildman–Crippen LogP) is 6.53. The van der Waals surface area contributed by atoms with Gasteiger partial charge in [0, 0.05) is 61.5 Å². The van der Waals surface area contributed by atoms with E-state index in [4.69, 9.17) is 10.2 Å². The van der Waals surface area contributed by atoms with E-state index in [2.05, 4.69) is 41.0 Å². The number of rotatable bonds is 8. The third-order valence-corrected chi connectivity index (χ3v) is 12.9. The molecular formula is C43H58FN9O4S. The number of imide groups is 1. The average molecular weight is 816 g/mol. The maximum atomic E-state index is 15.2. The van der Waals surface area contributed by atoms with E-state index in [0.717, 1.165) is 79.5 Å². The summed E-state index contributed by atoms with van der Waals surface area (Å²) in [5.74, 6) is 1.01. The molecule has 5 fully saturated rings. The number of fused-ring (bicyclic) bond motifs is 2. The standard InChI is InChI=1S/C22H31FN4O2.C15H15N5OS.C6H12O/c23-21-17(24-18-9-10-20(28)25-22(18)29)7-4-8-19(21)27-13-11-26(12-14-27)15-16-5-2-1-3-6-16;1-8-6-9(22-16)2-3-11(8)18-14-17-7-10-12(20-14)19-13(21)15(10)4-5-15;7-6-4-2-1-3-5-6/h4,7-8,16,18,24H,1-3,5-6,9-15H2,(H,25,28,29);2-3,6-7H,4-5,16H2,1H3,(H2,17,18,19,20,21);6-7H,1-5H2. The van der Waals surface area contributed by atoms with Crippen LogP contribution < -0.4 is 31.3 Å². The van der Waals surface area contributed by atoms with Crippen LogP contribution in [0.5, 0.6) is 0 Å². The lowest BCUT2D eigenvalue weighted by Gasteiger charge is -2.38. The molecule has 6 aliphatic rings. The zero-order chi connectivity index (χ0) is 40.6. The van der Waals surface area contributed by atoms with E-state index in [1.54, 1.807) is 12.3 Å². The van der Waals surface area contributed by atoms with E-state index in [1.807, 2.05) is 37.3 Å². The van der Waals surface area contributed by atoms with Gasteiger partial charge in [0.1, 0.15) is 11.9 Å². The highest BCUT2D eigenvalue weighted by Gasteiger charge is 2.57. The maximum absolute atomic E-state index is 15.2. The van der Waals surface area contributed by atoms with Crippen molar-refractivity contribution in [2.24, 2.45) is 11.1 Å². The molecule has 58 heavy (non-hydrogen) atoms. The van der Waals surface area contributed by atoms with Gasteiger partial charge < -0.3 is 26.0 Å². The van der Waals surface area contributed by atoms with Crippen molar-refractivity contribution in [3.8, 4) is 0 Å². The molecule has 3 aliphatic carbocycles. The Morgan fingerprint density at radius 3 is 2.29 bits per heavy atom. The van der Waals surface area contributed by atoms with E-state index < -0.39 is 6.04 Å². The summed E-state index contributed by atoms with van der Waals surface area (Å²) in [4.78, 5) is 49.7. The molecule has 4 heterocycles. The largest absolute Gasteiger partial charge is 0.393 e. The molecule has 312 valence electrons. The number of aliphatic hydroxyl groups excluding tert-OH is 1. The molecule has 2 saturated heterocycles. The molecule has 1 unspecified atom stereocenters. The van der Waals surface area contributed by atoms with Gasteiger partial charge in [0.25, 0.3) is 0 Å². The van der Waals surface area contributed by atoms with Gasteiger partial charge in [-0.05, 0) is 106 Å². The summed E-state index contributed by atoms with van der Waals surface area (Å²) in [6, 6.07) is 10.6. The van der Waals surface area contributed by atoms with Gasteiger partial charge in [0.05, 0.1) is 22.9 Å². The number of aromatic nitrogens is 2. The van der Waals surface area contributed by atoms with E-state index in [0.29, 0.717) is 29.6 Å². The van der Waals surface area contributed by atoms with Gasteiger partial charge in [0.15, 0.2) is 5.82 Å².